The highest BCUT2D eigenvalue weighted by Crippen LogP contribution is 2.37. The number of aryl methyl sites for hydroxylation is 2. The summed E-state index contributed by atoms with van der Waals surface area (Å²) >= 11 is 9.09. The molecule has 3 rings (SSSR count). The van der Waals surface area contributed by atoms with Crippen molar-refractivity contribution in [1.29, 1.82) is 0 Å². The Morgan fingerprint density at radius 3 is 2.59 bits per heavy atom. The summed E-state index contributed by atoms with van der Waals surface area (Å²) in [5, 5.41) is 2.68. The summed E-state index contributed by atoms with van der Waals surface area (Å²) in [4.78, 5) is 30.4. The molecule has 0 aliphatic rings. The van der Waals surface area contributed by atoms with Gasteiger partial charge in [0.25, 0.3) is 0 Å². The van der Waals surface area contributed by atoms with Crippen LogP contribution < -0.4 is 4.90 Å². The van der Waals surface area contributed by atoms with Crippen molar-refractivity contribution in [1.82, 2.24) is 4.98 Å². The predicted molar refractivity (Wildman–Crippen MR) is 128 cm³/mol. The second-order valence-electron chi connectivity index (χ2n) is 7.17. The van der Waals surface area contributed by atoms with Crippen LogP contribution in [0.3, 0.4) is 0 Å². The molecule has 0 bridgehead atoms. The number of carbonyl (C=O) groups is 2. The van der Waals surface area contributed by atoms with Crippen molar-refractivity contribution >= 4 is 57.4 Å². The van der Waals surface area contributed by atoms with E-state index in [9.17, 15) is 14.0 Å². The Morgan fingerprint density at radius 2 is 1.94 bits per heavy atom. The maximum Gasteiger partial charge on any atom is 0.316 e. The minimum absolute atomic E-state index is 0.0127. The summed E-state index contributed by atoms with van der Waals surface area (Å²) in [7, 11) is 0. The lowest BCUT2D eigenvalue weighted by Gasteiger charge is -2.22. The van der Waals surface area contributed by atoms with E-state index in [2.05, 4.69) is 4.98 Å². The van der Waals surface area contributed by atoms with Gasteiger partial charge in [-0.2, -0.15) is 0 Å². The maximum atomic E-state index is 12.9. The fraction of sp³-hybridized carbons (Fsp3) is 0.261. The van der Waals surface area contributed by atoms with Gasteiger partial charge < -0.3 is 4.74 Å². The molecule has 0 aliphatic carbocycles. The smallest absolute Gasteiger partial charge is 0.316 e. The summed E-state index contributed by atoms with van der Waals surface area (Å²) in [6.07, 6.45) is 0. The number of carbonyl (C=O) groups excluding carboxylic acids is 2. The number of ether oxygens (including phenoxy) is 1. The molecule has 0 aliphatic heterocycles. The van der Waals surface area contributed by atoms with E-state index in [1.54, 1.807) is 23.6 Å². The Balaban J connectivity index is 1.59. The van der Waals surface area contributed by atoms with Gasteiger partial charge in [0.05, 0.1) is 22.2 Å². The Labute approximate surface area is 199 Å². The van der Waals surface area contributed by atoms with E-state index < -0.39 is 0 Å². The van der Waals surface area contributed by atoms with E-state index in [-0.39, 0.29) is 30.1 Å². The van der Waals surface area contributed by atoms with E-state index in [0.717, 1.165) is 16.7 Å². The molecular weight excluding hydrogens is 471 g/mol. The van der Waals surface area contributed by atoms with Gasteiger partial charge in [0.1, 0.15) is 12.4 Å². The molecule has 1 aromatic heterocycles. The number of benzene rings is 2. The normalized spacial score (nSPS) is 10.8. The molecule has 0 radical (unpaired) electrons. The van der Waals surface area contributed by atoms with Crippen LogP contribution in [0.4, 0.5) is 15.2 Å². The topological polar surface area (TPSA) is 59.5 Å². The van der Waals surface area contributed by atoms with Crippen LogP contribution in [0.15, 0.2) is 41.8 Å². The number of aromatic nitrogens is 1. The average Bonchev–Trinajstić information content (AvgIpc) is 3.18. The molecule has 3 aromatic rings. The molecule has 1 amide bonds. The van der Waals surface area contributed by atoms with Crippen molar-refractivity contribution in [3.63, 3.8) is 0 Å². The predicted octanol–water partition coefficient (Wildman–Crippen LogP) is 6.21. The van der Waals surface area contributed by atoms with Gasteiger partial charge in [-0.05, 0) is 48.7 Å². The second-order valence-corrected chi connectivity index (χ2v) is 9.40. The highest BCUT2D eigenvalue weighted by molar-refractivity contribution is 7.99. The van der Waals surface area contributed by atoms with Crippen LogP contribution in [-0.2, 0) is 26.7 Å². The van der Waals surface area contributed by atoms with Crippen LogP contribution in [0.5, 0.6) is 0 Å². The van der Waals surface area contributed by atoms with Crippen LogP contribution >= 0.6 is 34.7 Å². The van der Waals surface area contributed by atoms with Crippen molar-refractivity contribution in [2.75, 3.05) is 10.7 Å². The highest BCUT2D eigenvalue weighted by atomic mass is 35.5. The highest BCUT2D eigenvalue weighted by Gasteiger charge is 2.23. The van der Waals surface area contributed by atoms with E-state index in [1.165, 1.54) is 47.1 Å². The zero-order valence-corrected chi connectivity index (χ0v) is 20.2. The van der Waals surface area contributed by atoms with E-state index in [4.69, 9.17) is 16.3 Å². The number of nitrogens with zero attached hydrogens (tertiary/aromatic N) is 2. The largest absolute Gasteiger partial charge is 0.459 e. The zero-order valence-electron chi connectivity index (χ0n) is 17.9. The number of esters is 1. The molecule has 0 N–H and O–H groups in total. The fourth-order valence-corrected chi connectivity index (χ4v) is 5.12. The number of rotatable bonds is 8. The van der Waals surface area contributed by atoms with Crippen molar-refractivity contribution in [2.45, 2.75) is 33.1 Å². The summed E-state index contributed by atoms with van der Waals surface area (Å²) in [5.74, 6) is -0.113. The van der Waals surface area contributed by atoms with Gasteiger partial charge in [-0.3, -0.25) is 14.5 Å². The number of halogens is 2. The van der Waals surface area contributed by atoms with Crippen LogP contribution in [0.2, 0.25) is 5.02 Å². The lowest BCUT2D eigenvalue weighted by Crippen LogP contribution is -2.24. The number of anilines is 2. The molecule has 0 atom stereocenters. The van der Waals surface area contributed by atoms with Crippen LogP contribution in [-0.4, -0.2) is 22.6 Å². The van der Waals surface area contributed by atoms with Gasteiger partial charge in [0, 0.05) is 18.1 Å². The molecule has 1 heterocycles. The maximum absolute atomic E-state index is 12.9. The fourth-order valence-electron chi connectivity index (χ4n) is 3.07. The Morgan fingerprint density at radius 1 is 1.22 bits per heavy atom. The number of amides is 1. The monoisotopic (exact) mass is 492 g/mol. The van der Waals surface area contributed by atoms with Crippen LogP contribution in [0.25, 0.3) is 0 Å². The zero-order chi connectivity index (χ0) is 23.3. The third-order valence-electron chi connectivity index (χ3n) is 4.45. The van der Waals surface area contributed by atoms with E-state index in [1.807, 2.05) is 19.9 Å². The van der Waals surface area contributed by atoms with Gasteiger partial charge in [0.15, 0.2) is 5.13 Å². The van der Waals surface area contributed by atoms with Gasteiger partial charge in [-0.15, -0.1) is 23.1 Å². The molecule has 0 saturated heterocycles. The molecule has 9 heteroatoms. The molecule has 168 valence electrons. The Hall–Kier alpha value is -2.42. The molecule has 0 spiro atoms. The molecular formula is C23H22ClFN2O3S2. The van der Waals surface area contributed by atoms with Crippen LogP contribution in [0.1, 0.15) is 29.3 Å². The second kappa shape index (κ2) is 10.9. The molecule has 2 aromatic carbocycles. The van der Waals surface area contributed by atoms with Gasteiger partial charge in [-0.25, -0.2) is 9.37 Å². The first kappa shape index (κ1) is 24.2. The van der Waals surface area contributed by atoms with Gasteiger partial charge in [-0.1, -0.05) is 29.8 Å². The number of hydrogen-bond donors (Lipinski definition) is 0. The van der Waals surface area contributed by atoms with E-state index in [0.29, 0.717) is 27.3 Å². The number of hydrogen-bond acceptors (Lipinski definition) is 6. The molecule has 0 unspecified atom stereocenters. The van der Waals surface area contributed by atoms with Crippen LogP contribution in [0, 0.1) is 19.7 Å². The first-order valence-corrected chi connectivity index (χ1v) is 12.2. The van der Waals surface area contributed by atoms with Gasteiger partial charge >= 0.3 is 5.97 Å². The van der Waals surface area contributed by atoms with Crippen molar-refractivity contribution in [2.24, 2.45) is 0 Å². The first-order chi connectivity index (χ1) is 15.2. The molecule has 5 nitrogen and oxygen atoms in total. The molecule has 0 fully saturated rings. The standard InChI is InChI=1S/C23H22ClFN2O3S2/c1-14-8-15(2)22(20(24)9-14)27(16(3)28)23-26-19(12-32-23)10-30-21(29)13-31-11-17-4-6-18(25)7-5-17/h4-9,12H,10-11,13H2,1-3H3. The summed E-state index contributed by atoms with van der Waals surface area (Å²) in [5.41, 5.74) is 3.95. The quantitative estimate of drug-likeness (QED) is 0.350. The molecule has 0 saturated carbocycles. The third-order valence-corrected chi connectivity index (χ3v) is 6.59. The van der Waals surface area contributed by atoms with Crippen molar-refractivity contribution in [3.8, 4) is 0 Å². The van der Waals surface area contributed by atoms with Gasteiger partial charge in [0.2, 0.25) is 5.91 Å². The summed E-state index contributed by atoms with van der Waals surface area (Å²) < 4.78 is 18.2. The SMILES string of the molecule is CC(=O)N(c1nc(COC(=O)CSCc2ccc(F)cc2)cs1)c1c(C)cc(C)cc1Cl. The Kier molecular flexibility index (Phi) is 8.28. The first-order valence-electron chi connectivity index (χ1n) is 9.74. The number of thioether (sulfide) groups is 1. The summed E-state index contributed by atoms with van der Waals surface area (Å²) in [6.45, 7) is 5.30. The van der Waals surface area contributed by atoms with Crippen molar-refractivity contribution in [3.05, 3.63) is 75.0 Å². The third kappa shape index (κ3) is 6.31. The minimum atomic E-state index is -0.368. The minimum Gasteiger partial charge on any atom is -0.459 e. The average molecular weight is 493 g/mol. The summed E-state index contributed by atoms with van der Waals surface area (Å²) in [6, 6.07) is 9.92. The lowest BCUT2D eigenvalue weighted by atomic mass is 10.1. The Bertz CT molecular complexity index is 1100. The number of thiazole rings is 1. The molecule has 32 heavy (non-hydrogen) atoms. The lowest BCUT2D eigenvalue weighted by molar-refractivity contribution is -0.141. The van der Waals surface area contributed by atoms with Crippen molar-refractivity contribution < 1.29 is 18.7 Å². The van der Waals surface area contributed by atoms with E-state index >= 15 is 0 Å².